The number of hydrogen-bond donors (Lipinski definition) is 1. The Kier molecular flexibility index (Phi) is 4.66. The van der Waals surface area contributed by atoms with Gasteiger partial charge in [0.15, 0.2) is 0 Å². The van der Waals surface area contributed by atoms with E-state index in [2.05, 4.69) is 38.1 Å². The lowest BCUT2D eigenvalue weighted by Crippen LogP contribution is -2.69. The molecule has 2 fully saturated rings. The number of hydrogen-bond acceptors (Lipinski definition) is 3. The first-order valence-electron chi connectivity index (χ1n) is 10.1. The van der Waals surface area contributed by atoms with Gasteiger partial charge in [-0.2, -0.15) is 0 Å². The molecule has 2 amide bonds. The number of β-amino-alcohol motifs (C(OH)–C–C–N with tert-alkyl or cyclic N) is 1. The van der Waals surface area contributed by atoms with Crippen LogP contribution >= 0.6 is 0 Å². The normalized spacial score (nSPS) is 27.8. The molecule has 0 aromatic heterocycles. The van der Waals surface area contributed by atoms with Crippen LogP contribution < -0.4 is 0 Å². The molecular weight excluding hydrogens is 352 g/mol. The van der Waals surface area contributed by atoms with Crippen molar-refractivity contribution in [2.75, 3.05) is 13.6 Å². The molecule has 3 atom stereocenters. The van der Waals surface area contributed by atoms with Crippen molar-refractivity contribution in [3.8, 4) is 0 Å². The summed E-state index contributed by atoms with van der Waals surface area (Å²) in [5.74, 6) is 0.223. The highest BCUT2D eigenvalue weighted by Gasteiger charge is 2.59. The molecule has 2 aromatic carbocycles. The minimum Gasteiger partial charge on any atom is -0.391 e. The molecule has 0 bridgehead atoms. The number of aliphatic hydroxyl groups excluding tert-OH is 1. The fourth-order valence-corrected chi connectivity index (χ4v) is 4.90. The van der Waals surface area contributed by atoms with Crippen molar-refractivity contribution in [3.63, 3.8) is 0 Å². The van der Waals surface area contributed by atoms with Crippen molar-refractivity contribution < 1.29 is 14.7 Å². The summed E-state index contributed by atoms with van der Waals surface area (Å²) >= 11 is 0. The summed E-state index contributed by atoms with van der Waals surface area (Å²) in [6.07, 6.45) is 0.695. The van der Waals surface area contributed by atoms with E-state index in [1.165, 1.54) is 0 Å². The molecule has 148 valence electrons. The van der Waals surface area contributed by atoms with Gasteiger partial charge in [0.1, 0.15) is 11.6 Å². The van der Waals surface area contributed by atoms with Crippen LogP contribution in [0.3, 0.4) is 0 Å². The summed E-state index contributed by atoms with van der Waals surface area (Å²) in [5.41, 5.74) is 0.0240. The van der Waals surface area contributed by atoms with Gasteiger partial charge < -0.3 is 14.9 Å². The van der Waals surface area contributed by atoms with Crippen LogP contribution in [0.15, 0.2) is 42.5 Å². The van der Waals surface area contributed by atoms with Crippen LogP contribution in [-0.4, -0.2) is 58.0 Å². The van der Waals surface area contributed by atoms with E-state index in [-0.39, 0.29) is 18.4 Å². The Morgan fingerprint density at radius 1 is 1.14 bits per heavy atom. The molecule has 5 heteroatoms. The van der Waals surface area contributed by atoms with Crippen LogP contribution in [0.4, 0.5) is 0 Å². The largest absolute Gasteiger partial charge is 0.391 e. The van der Waals surface area contributed by atoms with Gasteiger partial charge >= 0.3 is 0 Å². The van der Waals surface area contributed by atoms with Gasteiger partial charge in [0.25, 0.3) is 0 Å². The molecule has 4 rings (SSSR count). The standard InChI is InChI=1S/C23H28N2O3/c1-15(2)10-20-21(27)25-14-19(26)13-23(25,22(28)24(20)3)12-16-8-9-17-6-4-5-7-18(17)11-16/h4-9,11,15,19-20,26H,10,12-14H2,1-3H3/t19-,20-,23?/m1/s1. The van der Waals surface area contributed by atoms with E-state index in [9.17, 15) is 14.7 Å². The highest BCUT2D eigenvalue weighted by atomic mass is 16.3. The van der Waals surface area contributed by atoms with Gasteiger partial charge in [-0.3, -0.25) is 9.59 Å². The zero-order chi connectivity index (χ0) is 20.1. The van der Waals surface area contributed by atoms with Crippen molar-refractivity contribution in [2.45, 2.75) is 50.8 Å². The maximum absolute atomic E-state index is 13.5. The molecule has 0 aliphatic carbocycles. The van der Waals surface area contributed by atoms with Crippen LogP contribution in [0.2, 0.25) is 0 Å². The highest BCUT2D eigenvalue weighted by Crippen LogP contribution is 2.40. The van der Waals surface area contributed by atoms with E-state index in [4.69, 9.17) is 0 Å². The lowest BCUT2D eigenvalue weighted by atomic mass is 9.82. The first-order chi connectivity index (χ1) is 13.3. The molecule has 2 heterocycles. The van der Waals surface area contributed by atoms with E-state index in [0.29, 0.717) is 25.2 Å². The Morgan fingerprint density at radius 2 is 1.86 bits per heavy atom. The smallest absolute Gasteiger partial charge is 0.249 e. The summed E-state index contributed by atoms with van der Waals surface area (Å²) in [7, 11) is 1.73. The Morgan fingerprint density at radius 3 is 2.57 bits per heavy atom. The van der Waals surface area contributed by atoms with Crippen LogP contribution in [0.5, 0.6) is 0 Å². The van der Waals surface area contributed by atoms with Crippen molar-refractivity contribution in [3.05, 3.63) is 48.0 Å². The SMILES string of the molecule is CC(C)C[C@@H]1C(=O)N2C[C@H](O)CC2(Cc2ccc3ccccc3c2)C(=O)N1C. The molecule has 0 radical (unpaired) electrons. The molecular formula is C23H28N2O3. The molecule has 2 aromatic rings. The molecule has 1 N–H and O–H groups in total. The Balaban J connectivity index is 1.72. The topological polar surface area (TPSA) is 60.9 Å². The summed E-state index contributed by atoms with van der Waals surface area (Å²) in [4.78, 5) is 30.1. The number of piperazine rings is 1. The fourth-order valence-electron chi connectivity index (χ4n) is 4.90. The number of rotatable bonds is 4. The second kappa shape index (κ2) is 6.89. The maximum atomic E-state index is 13.5. The van der Waals surface area contributed by atoms with Gasteiger partial charge in [-0.1, -0.05) is 56.3 Å². The number of carbonyl (C=O) groups excluding carboxylic acids is 2. The second-order valence-corrected chi connectivity index (χ2v) is 8.76. The third kappa shape index (κ3) is 2.98. The van der Waals surface area contributed by atoms with E-state index in [0.717, 1.165) is 16.3 Å². The predicted octanol–water partition coefficient (Wildman–Crippen LogP) is 2.60. The van der Waals surface area contributed by atoms with Crippen molar-refractivity contribution in [1.29, 1.82) is 0 Å². The third-order valence-corrected chi connectivity index (χ3v) is 6.23. The van der Waals surface area contributed by atoms with Crippen LogP contribution in [0.1, 0.15) is 32.3 Å². The third-order valence-electron chi connectivity index (χ3n) is 6.23. The Bertz CT molecular complexity index is 925. The number of benzene rings is 2. The van der Waals surface area contributed by atoms with Gasteiger partial charge in [-0.05, 0) is 28.7 Å². The second-order valence-electron chi connectivity index (χ2n) is 8.76. The molecule has 2 saturated heterocycles. The van der Waals surface area contributed by atoms with E-state index in [1.807, 2.05) is 18.2 Å². The molecule has 0 saturated carbocycles. The number of likely N-dealkylation sites (N-methyl/N-ethyl adjacent to an activating group) is 1. The predicted molar refractivity (Wildman–Crippen MR) is 109 cm³/mol. The van der Waals surface area contributed by atoms with Gasteiger partial charge in [0.05, 0.1) is 6.10 Å². The van der Waals surface area contributed by atoms with Gasteiger partial charge in [0.2, 0.25) is 11.8 Å². The van der Waals surface area contributed by atoms with Gasteiger partial charge in [0, 0.05) is 26.4 Å². The van der Waals surface area contributed by atoms with Crippen molar-refractivity contribution in [1.82, 2.24) is 9.80 Å². The quantitative estimate of drug-likeness (QED) is 0.887. The molecule has 5 nitrogen and oxygen atoms in total. The maximum Gasteiger partial charge on any atom is 0.249 e. The van der Waals surface area contributed by atoms with Gasteiger partial charge in [-0.25, -0.2) is 0 Å². The highest BCUT2D eigenvalue weighted by molar-refractivity contribution is 6.00. The summed E-state index contributed by atoms with van der Waals surface area (Å²) in [6, 6.07) is 13.8. The van der Waals surface area contributed by atoms with Crippen LogP contribution in [0.25, 0.3) is 10.8 Å². The molecule has 2 aliphatic rings. The average molecular weight is 380 g/mol. The molecule has 28 heavy (non-hydrogen) atoms. The van der Waals surface area contributed by atoms with Crippen molar-refractivity contribution in [2.24, 2.45) is 5.92 Å². The lowest BCUT2D eigenvalue weighted by Gasteiger charge is -2.48. The zero-order valence-electron chi connectivity index (χ0n) is 16.8. The number of aliphatic hydroxyl groups is 1. The van der Waals surface area contributed by atoms with Crippen LogP contribution in [-0.2, 0) is 16.0 Å². The molecule has 2 aliphatic heterocycles. The number of carbonyl (C=O) groups is 2. The number of nitrogens with zero attached hydrogens (tertiary/aromatic N) is 2. The Hall–Kier alpha value is -2.40. The van der Waals surface area contributed by atoms with E-state index < -0.39 is 17.7 Å². The van der Waals surface area contributed by atoms with E-state index in [1.54, 1.807) is 16.8 Å². The molecule has 1 unspecified atom stereocenters. The monoisotopic (exact) mass is 380 g/mol. The van der Waals surface area contributed by atoms with E-state index >= 15 is 0 Å². The molecule has 0 spiro atoms. The van der Waals surface area contributed by atoms with Crippen LogP contribution in [0, 0.1) is 5.92 Å². The summed E-state index contributed by atoms with van der Waals surface area (Å²) in [6.45, 7) is 4.35. The number of amides is 2. The minimum absolute atomic E-state index is 0.0341. The minimum atomic E-state index is -0.985. The first-order valence-corrected chi connectivity index (χ1v) is 10.1. The fraction of sp³-hybridized carbons (Fsp3) is 0.478. The first kappa shape index (κ1) is 18.9. The van der Waals surface area contributed by atoms with Crippen molar-refractivity contribution >= 4 is 22.6 Å². The lowest BCUT2D eigenvalue weighted by molar-refractivity contribution is -0.166. The Labute approximate surface area is 165 Å². The number of fused-ring (bicyclic) bond motifs is 2. The van der Waals surface area contributed by atoms with Gasteiger partial charge in [-0.15, -0.1) is 0 Å². The summed E-state index contributed by atoms with van der Waals surface area (Å²) in [5, 5.41) is 12.7. The summed E-state index contributed by atoms with van der Waals surface area (Å²) < 4.78 is 0. The zero-order valence-corrected chi connectivity index (χ0v) is 16.8. The average Bonchev–Trinajstić information content (AvgIpc) is 3.00.